The number of likely N-dealkylation sites (N-methyl/N-ethyl adjacent to an activating group) is 1. The van der Waals surface area contributed by atoms with Crippen LogP contribution in [0.1, 0.15) is 0 Å². The van der Waals surface area contributed by atoms with Crippen LogP contribution in [0.25, 0.3) is 0 Å². The van der Waals surface area contributed by atoms with Crippen molar-refractivity contribution in [3.63, 3.8) is 0 Å². The zero-order valence-corrected chi connectivity index (χ0v) is 14.9. The highest BCUT2D eigenvalue weighted by Gasteiger charge is 2.25. The van der Waals surface area contributed by atoms with E-state index in [4.69, 9.17) is 41.2 Å². The predicted octanol–water partition coefficient (Wildman–Crippen LogP) is 1.82. The Morgan fingerprint density at radius 1 is 1.26 bits per heavy atom. The molecule has 0 spiro atoms. The molecule has 1 fully saturated rings. The van der Waals surface area contributed by atoms with E-state index in [9.17, 15) is 4.79 Å². The van der Waals surface area contributed by atoms with Crippen LogP contribution in [0.3, 0.4) is 0 Å². The number of halogens is 2. The largest absolute Gasteiger partial charge is 0.388 e. The average Bonchev–Trinajstić information content (AvgIpc) is 2.50. The Morgan fingerprint density at radius 3 is 2.35 bits per heavy atom. The molecule has 1 aliphatic rings. The normalized spacial score (nSPS) is 16.3. The molecule has 1 heterocycles. The van der Waals surface area contributed by atoms with Crippen molar-refractivity contribution in [2.24, 2.45) is 10.8 Å². The van der Waals surface area contributed by atoms with Crippen molar-refractivity contribution in [3.05, 3.63) is 28.2 Å². The van der Waals surface area contributed by atoms with Gasteiger partial charge in [-0.15, -0.1) is 0 Å². The number of nitrogens with one attached hydrogen (secondary N) is 1. The molecule has 0 aliphatic carbocycles. The standard InChI is InChI=1S/C14H17Cl2N5OS/c1-20-5-7-21(8-6-20)14(22)12(13(17)23)19-18-11-9(15)3-2-4-10(11)16/h2-4,18H,5-8H2,1H3,(H2,17,23)/b19-12+. The Hall–Kier alpha value is -1.41. The van der Waals surface area contributed by atoms with E-state index in [-0.39, 0.29) is 16.6 Å². The molecule has 6 nitrogen and oxygen atoms in total. The van der Waals surface area contributed by atoms with E-state index in [1.165, 1.54) is 0 Å². The van der Waals surface area contributed by atoms with Gasteiger partial charge in [-0.3, -0.25) is 10.2 Å². The van der Waals surface area contributed by atoms with Gasteiger partial charge in [-0.25, -0.2) is 0 Å². The van der Waals surface area contributed by atoms with E-state index < -0.39 is 0 Å². The zero-order valence-electron chi connectivity index (χ0n) is 12.6. The Bertz CT molecular complexity index is 624. The Labute approximate surface area is 150 Å². The van der Waals surface area contributed by atoms with Crippen LogP contribution in [-0.4, -0.2) is 59.6 Å². The van der Waals surface area contributed by atoms with Gasteiger partial charge in [0.15, 0.2) is 5.71 Å². The number of carbonyl (C=O) groups excluding carboxylic acids is 1. The Morgan fingerprint density at radius 2 is 1.83 bits per heavy atom. The van der Waals surface area contributed by atoms with E-state index in [1.54, 1.807) is 23.1 Å². The van der Waals surface area contributed by atoms with E-state index in [2.05, 4.69) is 15.4 Å². The van der Waals surface area contributed by atoms with Crippen molar-refractivity contribution in [3.8, 4) is 0 Å². The van der Waals surface area contributed by atoms with Gasteiger partial charge in [0.1, 0.15) is 4.99 Å². The summed E-state index contributed by atoms with van der Waals surface area (Å²) in [5.41, 5.74) is 8.72. The number of amides is 1. The second kappa shape index (κ2) is 7.92. The third-order valence-corrected chi connectivity index (χ3v) is 4.29. The van der Waals surface area contributed by atoms with Gasteiger partial charge >= 0.3 is 0 Å². The molecule has 0 bridgehead atoms. The summed E-state index contributed by atoms with van der Waals surface area (Å²) in [5.74, 6) is -0.304. The Balaban J connectivity index is 2.18. The maximum absolute atomic E-state index is 12.5. The fraction of sp³-hybridized carbons (Fsp3) is 0.357. The van der Waals surface area contributed by atoms with Crippen molar-refractivity contribution in [1.29, 1.82) is 0 Å². The van der Waals surface area contributed by atoms with Gasteiger partial charge in [0, 0.05) is 26.2 Å². The van der Waals surface area contributed by atoms with Gasteiger partial charge in [-0.05, 0) is 19.2 Å². The number of carbonyl (C=O) groups is 1. The number of thiocarbonyl (C=S) groups is 1. The molecule has 0 saturated carbocycles. The fourth-order valence-corrected chi connectivity index (χ4v) is 2.70. The van der Waals surface area contributed by atoms with E-state index in [1.807, 2.05) is 7.05 Å². The summed E-state index contributed by atoms with van der Waals surface area (Å²) < 4.78 is 0. The topological polar surface area (TPSA) is 74.0 Å². The zero-order chi connectivity index (χ0) is 17.0. The first-order chi connectivity index (χ1) is 10.9. The van der Waals surface area contributed by atoms with Gasteiger partial charge < -0.3 is 15.5 Å². The van der Waals surface area contributed by atoms with Gasteiger partial charge in [0.25, 0.3) is 5.91 Å². The smallest absolute Gasteiger partial charge is 0.277 e. The molecule has 2 rings (SSSR count). The highest BCUT2D eigenvalue weighted by molar-refractivity contribution is 7.82. The molecule has 3 N–H and O–H groups in total. The monoisotopic (exact) mass is 373 g/mol. The minimum Gasteiger partial charge on any atom is -0.388 e. The lowest BCUT2D eigenvalue weighted by Crippen LogP contribution is -2.51. The molecule has 124 valence electrons. The molecule has 0 radical (unpaired) electrons. The lowest BCUT2D eigenvalue weighted by Gasteiger charge is -2.32. The fourth-order valence-electron chi connectivity index (χ4n) is 2.08. The van der Waals surface area contributed by atoms with Crippen LogP contribution in [0.4, 0.5) is 5.69 Å². The summed E-state index contributed by atoms with van der Waals surface area (Å²) in [6, 6.07) is 5.03. The molecule has 0 atom stereocenters. The van der Waals surface area contributed by atoms with E-state index >= 15 is 0 Å². The van der Waals surface area contributed by atoms with Crippen LogP contribution in [0.5, 0.6) is 0 Å². The van der Waals surface area contributed by atoms with Crippen molar-refractivity contribution in [1.82, 2.24) is 9.80 Å². The van der Waals surface area contributed by atoms with Crippen LogP contribution >= 0.6 is 35.4 Å². The first kappa shape index (κ1) is 17.9. The molecule has 1 aromatic rings. The highest BCUT2D eigenvalue weighted by Crippen LogP contribution is 2.29. The molecule has 23 heavy (non-hydrogen) atoms. The first-order valence-corrected chi connectivity index (χ1v) is 8.12. The predicted molar refractivity (Wildman–Crippen MR) is 98.4 cm³/mol. The minimum atomic E-state index is -0.304. The van der Waals surface area contributed by atoms with Gasteiger partial charge in [-0.1, -0.05) is 41.5 Å². The third kappa shape index (κ3) is 4.54. The molecular weight excluding hydrogens is 357 g/mol. The van der Waals surface area contributed by atoms with Crippen LogP contribution < -0.4 is 11.2 Å². The number of hydrogen-bond donors (Lipinski definition) is 2. The van der Waals surface area contributed by atoms with Gasteiger partial charge in [0.05, 0.1) is 15.7 Å². The van der Waals surface area contributed by atoms with E-state index in [0.717, 1.165) is 13.1 Å². The lowest BCUT2D eigenvalue weighted by atomic mass is 10.2. The average molecular weight is 374 g/mol. The number of nitrogens with two attached hydrogens (primary N) is 1. The molecule has 1 saturated heterocycles. The molecule has 9 heteroatoms. The summed E-state index contributed by atoms with van der Waals surface area (Å²) in [4.78, 5) is 16.3. The molecule has 0 aromatic heterocycles. The molecule has 1 amide bonds. The van der Waals surface area contributed by atoms with Crippen LogP contribution in [0, 0.1) is 0 Å². The summed E-state index contributed by atoms with van der Waals surface area (Å²) in [6.07, 6.45) is 0. The van der Waals surface area contributed by atoms with Crippen molar-refractivity contribution >= 4 is 57.7 Å². The second-order valence-corrected chi connectivity index (χ2v) is 6.38. The van der Waals surface area contributed by atoms with Crippen molar-refractivity contribution in [2.75, 3.05) is 38.7 Å². The van der Waals surface area contributed by atoms with Crippen LogP contribution in [0.2, 0.25) is 10.0 Å². The van der Waals surface area contributed by atoms with Gasteiger partial charge in [0.2, 0.25) is 0 Å². The molecule has 1 aliphatic heterocycles. The SMILES string of the molecule is CN1CCN(C(=O)/C(=N/Nc2c(Cl)cccc2Cl)C(N)=S)CC1. The molecule has 0 unspecified atom stereocenters. The summed E-state index contributed by atoms with van der Waals surface area (Å²) >= 11 is 17.1. The number of anilines is 1. The molecular formula is C14H17Cl2N5OS. The van der Waals surface area contributed by atoms with Crippen LogP contribution in [-0.2, 0) is 4.79 Å². The summed E-state index contributed by atoms with van der Waals surface area (Å²) in [5, 5.41) is 4.81. The van der Waals surface area contributed by atoms with Crippen molar-refractivity contribution in [2.45, 2.75) is 0 Å². The quantitative estimate of drug-likeness (QED) is 0.478. The first-order valence-electron chi connectivity index (χ1n) is 6.95. The summed E-state index contributed by atoms with van der Waals surface area (Å²) in [6.45, 7) is 2.79. The van der Waals surface area contributed by atoms with E-state index in [0.29, 0.717) is 28.8 Å². The molecule has 1 aromatic carbocycles. The highest BCUT2D eigenvalue weighted by atomic mass is 35.5. The summed E-state index contributed by atoms with van der Waals surface area (Å²) in [7, 11) is 2.01. The maximum atomic E-state index is 12.5. The number of rotatable bonds is 4. The minimum absolute atomic E-state index is 0.0134. The number of para-hydroxylation sites is 1. The number of piperazine rings is 1. The van der Waals surface area contributed by atoms with Gasteiger partial charge in [-0.2, -0.15) is 5.10 Å². The number of benzene rings is 1. The number of hydrazone groups is 1. The second-order valence-electron chi connectivity index (χ2n) is 5.13. The Kier molecular flexibility index (Phi) is 6.17. The maximum Gasteiger partial charge on any atom is 0.277 e. The number of hydrogen-bond acceptors (Lipinski definition) is 5. The lowest BCUT2D eigenvalue weighted by molar-refractivity contribution is -0.125. The van der Waals surface area contributed by atoms with Crippen molar-refractivity contribution < 1.29 is 4.79 Å². The number of nitrogens with zero attached hydrogens (tertiary/aromatic N) is 3. The third-order valence-electron chi connectivity index (χ3n) is 3.47. The van der Waals surface area contributed by atoms with Crippen LogP contribution in [0.15, 0.2) is 23.3 Å².